The molecule has 1 fully saturated rings. The van der Waals surface area contributed by atoms with Gasteiger partial charge < -0.3 is 15.8 Å². The number of rotatable bonds is 5. The standard InChI is InChI=1S/C13H15FN2O3/c14-11-4-2-1-3-8(11)9-7-10(9)12(17)16-5-6-19-13(15)18/h1-4,9-10H,5-7H2,(H2,15,18)(H,16,17)/t9-,10-/m1/s1. The SMILES string of the molecule is NC(=O)OCCNC(=O)[C@@H]1C[C@@H]1c1ccccc1F. The summed E-state index contributed by atoms with van der Waals surface area (Å²) in [6.07, 6.45) is -0.228. The van der Waals surface area contributed by atoms with Gasteiger partial charge >= 0.3 is 6.09 Å². The van der Waals surface area contributed by atoms with E-state index in [0.29, 0.717) is 12.0 Å². The third kappa shape index (κ3) is 3.43. The smallest absolute Gasteiger partial charge is 0.404 e. The molecule has 102 valence electrons. The number of nitrogens with one attached hydrogen (secondary N) is 1. The Hall–Kier alpha value is -2.11. The monoisotopic (exact) mass is 266 g/mol. The van der Waals surface area contributed by atoms with Gasteiger partial charge in [0.25, 0.3) is 0 Å². The van der Waals surface area contributed by atoms with E-state index in [4.69, 9.17) is 5.73 Å². The zero-order valence-corrected chi connectivity index (χ0v) is 10.3. The van der Waals surface area contributed by atoms with Gasteiger partial charge in [0, 0.05) is 5.92 Å². The molecule has 1 aromatic rings. The lowest BCUT2D eigenvalue weighted by Crippen LogP contribution is -2.30. The van der Waals surface area contributed by atoms with E-state index in [2.05, 4.69) is 10.1 Å². The first-order valence-electron chi connectivity index (χ1n) is 6.04. The first kappa shape index (κ1) is 13.3. The second-order valence-electron chi connectivity index (χ2n) is 4.43. The molecule has 0 bridgehead atoms. The second kappa shape index (κ2) is 5.69. The van der Waals surface area contributed by atoms with Crippen molar-refractivity contribution in [3.05, 3.63) is 35.6 Å². The fourth-order valence-corrected chi connectivity index (χ4v) is 2.06. The molecule has 5 nitrogen and oxygen atoms in total. The molecule has 0 aromatic heterocycles. The van der Waals surface area contributed by atoms with Crippen LogP contribution in [0.1, 0.15) is 17.9 Å². The predicted molar refractivity (Wildman–Crippen MR) is 65.8 cm³/mol. The number of primary amides is 1. The highest BCUT2D eigenvalue weighted by Gasteiger charge is 2.44. The van der Waals surface area contributed by atoms with Gasteiger partial charge in [-0.3, -0.25) is 4.79 Å². The van der Waals surface area contributed by atoms with Crippen molar-refractivity contribution >= 4 is 12.0 Å². The van der Waals surface area contributed by atoms with Gasteiger partial charge in [0.15, 0.2) is 0 Å². The van der Waals surface area contributed by atoms with Crippen molar-refractivity contribution in [2.75, 3.05) is 13.2 Å². The van der Waals surface area contributed by atoms with Gasteiger partial charge in [-0.15, -0.1) is 0 Å². The molecule has 1 saturated carbocycles. The molecule has 1 aliphatic carbocycles. The summed E-state index contributed by atoms with van der Waals surface area (Å²) in [6.45, 7) is 0.250. The lowest BCUT2D eigenvalue weighted by Gasteiger charge is -2.05. The van der Waals surface area contributed by atoms with Crippen molar-refractivity contribution in [1.29, 1.82) is 0 Å². The molecular formula is C13H15FN2O3. The Bertz CT molecular complexity index is 493. The van der Waals surface area contributed by atoms with Crippen LogP contribution in [0.25, 0.3) is 0 Å². The van der Waals surface area contributed by atoms with Crippen LogP contribution >= 0.6 is 0 Å². The number of halogens is 1. The zero-order valence-electron chi connectivity index (χ0n) is 10.3. The number of carbonyl (C=O) groups is 2. The molecule has 19 heavy (non-hydrogen) atoms. The molecule has 2 rings (SSSR count). The first-order chi connectivity index (χ1) is 9.09. The number of hydrogen-bond acceptors (Lipinski definition) is 3. The van der Waals surface area contributed by atoms with E-state index in [1.807, 2.05) is 0 Å². The maximum Gasteiger partial charge on any atom is 0.404 e. The third-order valence-corrected chi connectivity index (χ3v) is 3.08. The lowest BCUT2D eigenvalue weighted by molar-refractivity contribution is -0.122. The normalized spacial score (nSPS) is 20.7. The molecule has 1 aromatic carbocycles. The Morgan fingerprint density at radius 2 is 2.16 bits per heavy atom. The van der Waals surface area contributed by atoms with Crippen LogP contribution in [0, 0.1) is 11.7 Å². The van der Waals surface area contributed by atoms with E-state index in [1.165, 1.54) is 6.07 Å². The highest BCUT2D eigenvalue weighted by molar-refractivity contribution is 5.82. The molecule has 1 aliphatic rings. The summed E-state index contributed by atoms with van der Waals surface area (Å²) in [5.74, 6) is -0.690. The molecule has 0 heterocycles. The quantitative estimate of drug-likeness (QED) is 0.784. The van der Waals surface area contributed by atoms with Crippen molar-refractivity contribution in [3.63, 3.8) is 0 Å². The molecule has 2 amide bonds. The Kier molecular flexibility index (Phi) is 3.99. The number of nitrogens with two attached hydrogens (primary N) is 1. The van der Waals surface area contributed by atoms with Gasteiger partial charge in [-0.1, -0.05) is 18.2 Å². The lowest BCUT2D eigenvalue weighted by atomic mass is 10.1. The minimum atomic E-state index is -0.870. The fourth-order valence-electron chi connectivity index (χ4n) is 2.06. The van der Waals surface area contributed by atoms with Crippen LogP contribution in [0.15, 0.2) is 24.3 Å². The van der Waals surface area contributed by atoms with Gasteiger partial charge in [-0.05, 0) is 24.0 Å². The summed E-state index contributed by atoms with van der Waals surface area (Å²) in [4.78, 5) is 22.1. The number of hydrogen-bond donors (Lipinski definition) is 2. The zero-order chi connectivity index (χ0) is 13.8. The van der Waals surface area contributed by atoms with E-state index >= 15 is 0 Å². The molecule has 0 saturated heterocycles. The molecule has 6 heteroatoms. The van der Waals surface area contributed by atoms with Crippen LogP contribution in [0.2, 0.25) is 0 Å². The predicted octanol–water partition coefficient (Wildman–Crippen LogP) is 1.14. The van der Waals surface area contributed by atoms with Gasteiger partial charge in [0.2, 0.25) is 5.91 Å². The van der Waals surface area contributed by atoms with Gasteiger partial charge in [-0.25, -0.2) is 9.18 Å². The van der Waals surface area contributed by atoms with Crippen LogP contribution in [0.3, 0.4) is 0 Å². The minimum Gasteiger partial charge on any atom is -0.448 e. The van der Waals surface area contributed by atoms with Crippen LogP contribution in [-0.4, -0.2) is 25.2 Å². The van der Waals surface area contributed by atoms with Crippen LogP contribution in [0.4, 0.5) is 9.18 Å². The molecule has 0 spiro atoms. The summed E-state index contributed by atoms with van der Waals surface area (Å²) < 4.78 is 18.0. The number of ether oxygens (including phenoxy) is 1. The Morgan fingerprint density at radius 3 is 2.84 bits per heavy atom. The van der Waals surface area contributed by atoms with Gasteiger partial charge in [0.05, 0.1) is 6.54 Å². The molecule has 3 N–H and O–H groups in total. The van der Waals surface area contributed by atoms with Crippen molar-refractivity contribution in [1.82, 2.24) is 5.32 Å². The Labute approximate surface area is 109 Å². The highest BCUT2D eigenvalue weighted by Crippen LogP contribution is 2.48. The van der Waals surface area contributed by atoms with Crippen molar-refractivity contribution in [2.24, 2.45) is 11.7 Å². The molecule has 2 atom stereocenters. The van der Waals surface area contributed by atoms with Crippen LogP contribution < -0.4 is 11.1 Å². The van der Waals surface area contributed by atoms with E-state index in [1.54, 1.807) is 18.2 Å². The highest BCUT2D eigenvalue weighted by atomic mass is 19.1. The van der Waals surface area contributed by atoms with Gasteiger partial charge in [-0.2, -0.15) is 0 Å². The number of carbonyl (C=O) groups excluding carboxylic acids is 2. The van der Waals surface area contributed by atoms with Crippen molar-refractivity contribution in [2.45, 2.75) is 12.3 Å². The van der Waals surface area contributed by atoms with E-state index in [9.17, 15) is 14.0 Å². The van der Waals surface area contributed by atoms with Crippen molar-refractivity contribution < 1.29 is 18.7 Å². The largest absolute Gasteiger partial charge is 0.448 e. The summed E-state index contributed by atoms with van der Waals surface area (Å²) in [5, 5.41) is 2.63. The van der Waals surface area contributed by atoms with E-state index < -0.39 is 6.09 Å². The average Bonchev–Trinajstić information content (AvgIpc) is 3.15. The topological polar surface area (TPSA) is 81.4 Å². The maximum atomic E-state index is 13.5. The van der Waals surface area contributed by atoms with Crippen molar-refractivity contribution in [3.8, 4) is 0 Å². The summed E-state index contributed by atoms with van der Waals surface area (Å²) in [5.41, 5.74) is 5.36. The first-order valence-corrected chi connectivity index (χ1v) is 6.04. The third-order valence-electron chi connectivity index (χ3n) is 3.08. The molecular weight excluding hydrogens is 251 g/mol. The minimum absolute atomic E-state index is 0.0398. The van der Waals surface area contributed by atoms with Crippen LogP contribution in [0.5, 0.6) is 0 Å². The number of benzene rings is 1. The average molecular weight is 266 g/mol. The summed E-state index contributed by atoms with van der Waals surface area (Å²) in [6, 6.07) is 6.47. The number of amides is 2. The summed E-state index contributed by atoms with van der Waals surface area (Å²) >= 11 is 0. The van der Waals surface area contributed by atoms with E-state index in [0.717, 1.165) is 0 Å². The fraction of sp³-hybridized carbons (Fsp3) is 0.385. The van der Waals surface area contributed by atoms with Crippen LogP contribution in [-0.2, 0) is 9.53 Å². The summed E-state index contributed by atoms with van der Waals surface area (Å²) in [7, 11) is 0. The molecule has 0 radical (unpaired) electrons. The van der Waals surface area contributed by atoms with E-state index in [-0.39, 0.29) is 36.7 Å². The Balaban J connectivity index is 1.78. The molecule has 0 aliphatic heterocycles. The molecule has 0 unspecified atom stereocenters. The second-order valence-corrected chi connectivity index (χ2v) is 4.43. The Morgan fingerprint density at radius 1 is 1.42 bits per heavy atom. The van der Waals surface area contributed by atoms with Gasteiger partial charge in [0.1, 0.15) is 12.4 Å². The maximum absolute atomic E-state index is 13.5.